The summed E-state index contributed by atoms with van der Waals surface area (Å²) in [6, 6.07) is 4.41. The van der Waals surface area contributed by atoms with Crippen LogP contribution in [0.2, 0.25) is 0 Å². The number of likely N-dealkylation sites (tertiary alicyclic amines) is 1. The molecule has 0 aromatic heterocycles. The molecule has 0 saturated carbocycles. The monoisotopic (exact) mass is 453 g/mol. The molecule has 1 fully saturated rings. The van der Waals surface area contributed by atoms with Crippen LogP contribution in [-0.2, 0) is 19.2 Å². The van der Waals surface area contributed by atoms with Gasteiger partial charge in [0.25, 0.3) is 0 Å². The van der Waals surface area contributed by atoms with Crippen LogP contribution in [0, 0.1) is 0 Å². The number of nitrogens with zero attached hydrogens (tertiary/aromatic N) is 1. The molecule has 1 saturated heterocycles. The van der Waals surface area contributed by atoms with Gasteiger partial charge in [0, 0.05) is 45.2 Å². The highest BCUT2D eigenvalue weighted by Gasteiger charge is 2.38. The van der Waals surface area contributed by atoms with Gasteiger partial charge in [-0.1, -0.05) is 6.07 Å². The van der Waals surface area contributed by atoms with Gasteiger partial charge in [0.1, 0.15) is 0 Å². The lowest BCUT2D eigenvalue weighted by Gasteiger charge is -2.15. The second kappa shape index (κ2) is 11.6. The summed E-state index contributed by atoms with van der Waals surface area (Å²) in [7, 11) is 2.88. The first-order valence-corrected chi connectivity index (χ1v) is 10.8. The largest absolute Gasteiger partial charge is 0.504 e. The summed E-state index contributed by atoms with van der Waals surface area (Å²) in [4.78, 5) is 48.8. The van der Waals surface area contributed by atoms with Crippen molar-refractivity contribution in [2.24, 2.45) is 0 Å². The molecule has 1 heterocycles. The van der Waals surface area contributed by atoms with Crippen molar-refractivity contribution >= 4 is 35.4 Å². The van der Waals surface area contributed by atoms with Crippen LogP contribution in [0.4, 0.5) is 0 Å². The number of carbonyl (C=O) groups is 4. The fourth-order valence-corrected chi connectivity index (χ4v) is 4.09. The zero-order valence-electron chi connectivity index (χ0n) is 17.4. The third-order valence-corrected chi connectivity index (χ3v) is 5.98. The number of aliphatic hydroxyl groups is 1. The number of rotatable bonds is 11. The molecule has 0 bridgehead atoms. The van der Waals surface area contributed by atoms with Crippen molar-refractivity contribution in [1.29, 1.82) is 0 Å². The molecule has 10 nitrogen and oxygen atoms in total. The smallest absolute Gasteiger partial charge is 0.242 e. The topological polar surface area (TPSA) is 145 Å². The lowest BCUT2D eigenvalue weighted by atomic mass is 10.1. The maximum absolute atomic E-state index is 12.3. The molecule has 11 heteroatoms. The van der Waals surface area contributed by atoms with Gasteiger partial charge in [0.05, 0.1) is 18.5 Å². The minimum Gasteiger partial charge on any atom is -0.504 e. The normalized spacial score (nSPS) is 16.9. The first-order chi connectivity index (χ1) is 14.8. The number of phenolic OH excluding ortho intramolecular Hbond substituents is 1. The molecule has 1 aliphatic heterocycles. The van der Waals surface area contributed by atoms with E-state index in [2.05, 4.69) is 10.6 Å². The van der Waals surface area contributed by atoms with E-state index in [4.69, 9.17) is 4.74 Å². The van der Waals surface area contributed by atoms with Gasteiger partial charge in [-0.25, -0.2) is 0 Å². The predicted octanol–water partition coefficient (Wildman–Crippen LogP) is -0.0627. The van der Waals surface area contributed by atoms with E-state index in [1.165, 1.54) is 44.1 Å². The van der Waals surface area contributed by atoms with Gasteiger partial charge in [-0.15, -0.1) is 11.8 Å². The molecular weight excluding hydrogens is 426 g/mol. The molecule has 4 N–H and O–H groups in total. The molecule has 2 unspecified atom stereocenters. The molecule has 0 aliphatic carbocycles. The van der Waals surface area contributed by atoms with E-state index in [1.807, 2.05) is 0 Å². The predicted molar refractivity (Wildman–Crippen MR) is 114 cm³/mol. The van der Waals surface area contributed by atoms with E-state index in [9.17, 15) is 29.4 Å². The van der Waals surface area contributed by atoms with E-state index in [1.54, 1.807) is 0 Å². The Morgan fingerprint density at radius 3 is 2.71 bits per heavy atom. The summed E-state index contributed by atoms with van der Waals surface area (Å²) < 4.78 is 4.99. The lowest BCUT2D eigenvalue weighted by molar-refractivity contribution is -0.138. The lowest BCUT2D eigenvalue weighted by Crippen LogP contribution is -2.35. The van der Waals surface area contributed by atoms with Crippen LogP contribution in [0.5, 0.6) is 11.5 Å². The van der Waals surface area contributed by atoms with Gasteiger partial charge in [-0.3, -0.25) is 24.1 Å². The Hall–Kier alpha value is -2.79. The van der Waals surface area contributed by atoms with E-state index < -0.39 is 11.4 Å². The Bertz CT molecular complexity index is 833. The third-order valence-electron chi connectivity index (χ3n) is 4.77. The average Bonchev–Trinajstić information content (AvgIpc) is 3.03. The number of benzene rings is 1. The van der Waals surface area contributed by atoms with Crippen LogP contribution < -0.4 is 15.4 Å². The first kappa shape index (κ1) is 24.5. The summed E-state index contributed by atoms with van der Waals surface area (Å²) in [6.07, 6.45) is -0.746. The highest BCUT2D eigenvalue weighted by molar-refractivity contribution is 8.00. The molecule has 170 valence electrons. The molecular formula is C20H27N3O7S. The highest BCUT2D eigenvalue weighted by Crippen LogP contribution is 2.29. The summed E-state index contributed by atoms with van der Waals surface area (Å²) in [5, 5.41) is 24.3. The second-order valence-corrected chi connectivity index (χ2v) is 8.18. The maximum atomic E-state index is 12.3. The number of nitrogens with one attached hydrogen (secondary N) is 2. The molecule has 2 atom stereocenters. The van der Waals surface area contributed by atoms with Crippen molar-refractivity contribution in [2.75, 3.05) is 33.0 Å². The number of phenols is 1. The number of ether oxygens (including phenoxy) is 1. The van der Waals surface area contributed by atoms with Gasteiger partial charge in [-0.2, -0.15) is 0 Å². The number of hydrogen-bond donors (Lipinski definition) is 4. The number of amides is 4. The van der Waals surface area contributed by atoms with Crippen molar-refractivity contribution in [3.05, 3.63) is 23.8 Å². The number of imide groups is 1. The molecule has 2 rings (SSSR count). The van der Waals surface area contributed by atoms with Crippen LogP contribution in [0.25, 0.3) is 0 Å². The average molecular weight is 454 g/mol. The fraction of sp³-hybridized carbons (Fsp3) is 0.500. The molecule has 0 spiro atoms. The zero-order valence-corrected chi connectivity index (χ0v) is 18.2. The summed E-state index contributed by atoms with van der Waals surface area (Å²) in [5.41, 5.74) is 0.483. The van der Waals surface area contributed by atoms with E-state index in [-0.39, 0.29) is 67.5 Å². The number of hydrogen-bond acceptors (Lipinski definition) is 8. The zero-order chi connectivity index (χ0) is 23.0. The molecule has 1 aromatic rings. The second-order valence-electron chi connectivity index (χ2n) is 6.87. The molecule has 31 heavy (non-hydrogen) atoms. The van der Waals surface area contributed by atoms with Crippen LogP contribution in [0.15, 0.2) is 18.2 Å². The van der Waals surface area contributed by atoms with Crippen molar-refractivity contribution in [3.8, 4) is 11.5 Å². The Morgan fingerprint density at radius 2 is 2.03 bits per heavy atom. The van der Waals surface area contributed by atoms with E-state index >= 15 is 0 Å². The van der Waals surface area contributed by atoms with Crippen LogP contribution in [0.3, 0.4) is 0 Å². The van der Waals surface area contributed by atoms with Gasteiger partial charge < -0.3 is 25.6 Å². The minimum atomic E-state index is -0.978. The quantitative estimate of drug-likeness (QED) is 0.341. The molecule has 4 amide bonds. The summed E-state index contributed by atoms with van der Waals surface area (Å²) >= 11 is 1.22. The third kappa shape index (κ3) is 6.86. The standard InChI is InChI=1S/C20H27N3O7S/c1-21-17(26)5-7-23-19(28)10-16(20(23)29)31-8-6-18(27)22-11-14(25)12-3-4-13(24)15(9-12)30-2/h3-4,9,14,16,24-25H,5-8,10-11H2,1-2H3,(H,21,26)(H,22,27). The Kier molecular flexibility index (Phi) is 9.13. The maximum Gasteiger partial charge on any atom is 0.242 e. The van der Waals surface area contributed by atoms with Crippen LogP contribution in [-0.4, -0.2) is 77.0 Å². The number of aromatic hydroxyl groups is 1. The first-order valence-electron chi connectivity index (χ1n) is 9.74. The number of aliphatic hydroxyl groups excluding tert-OH is 1. The molecule has 0 radical (unpaired) electrons. The van der Waals surface area contributed by atoms with Gasteiger partial charge in [0.2, 0.25) is 23.6 Å². The van der Waals surface area contributed by atoms with Crippen LogP contribution in [0.1, 0.15) is 30.9 Å². The van der Waals surface area contributed by atoms with Crippen molar-refractivity contribution in [2.45, 2.75) is 30.6 Å². The van der Waals surface area contributed by atoms with Crippen LogP contribution >= 0.6 is 11.8 Å². The summed E-state index contributed by atoms with van der Waals surface area (Å²) in [5.74, 6) is -0.695. The van der Waals surface area contributed by atoms with E-state index in [0.29, 0.717) is 11.3 Å². The SMILES string of the molecule is CNC(=O)CCN1C(=O)CC(SCCC(=O)NCC(O)c2ccc(O)c(OC)c2)C1=O. The van der Waals surface area contributed by atoms with Crippen molar-refractivity contribution < 1.29 is 34.1 Å². The minimum absolute atomic E-state index is 0.0223. The Morgan fingerprint density at radius 1 is 1.29 bits per heavy atom. The van der Waals surface area contributed by atoms with Crippen molar-refractivity contribution in [1.82, 2.24) is 15.5 Å². The number of thioether (sulfide) groups is 1. The Balaban J connectivity index is 1.72. The van der Waals surface area contributed by atoms with Gasteiger partial charge >= 0.3 is 0 Å². The Labute approximate surface area is 184 Å². The van der Waals surface area contributed by atoms with Crippen molar-refractivity contribution in [3.63, 3.8) is 0 Å². The number of carbonyl (C=O) groups excluding carboxylic acids is 4. The molecule has 1 aromatic carbocycles. The highest BCUT2D eigenvalue weighted by atomic mass is 32.2. The molecule has 1 aliphatic rings. The van der Waals surface area contributed by atoms with E-state index in [0.717, 1.165) is 4.90 Å². The fourth-order valence-electron chi connectivity index (χ4n) is 2.97. The number of methoxy groups -OCH3 is 1. The van der Waals surface area contributed by atoms with Gasteiger partial charge in [-0.05, 0) is 17.7 Å². The van der Waals surface area contributed by atoms with Gasteiger partial charge in [0.15, 0.2) is 11.5 Å². The summed E-state index contributed by atoms with van der Waals surface area (Å²) in [6.45, 7) is 0.0281.